The van der Waals surface area contributed by atoms with Gasteiger partial charge in [-0.2, -0.15) is 0 Å². The van der Waals surface area contributed by atoms with E-state index in [4.69, 9.17) is 0 Å². The van der Waals surface area contributed by atoms with E-state index in [2.05, 4.69) is 22.5 Å². The smallest absolute Gasteiger partial charge is 0.270 e. The molecule has 22 heavy (non-hydrogen) atoms. The Kier molecular flexibility index (Phi) is 3.94. The number of amides is 1. The lowest BCUT2D eigenvalue weighted by Crippen LogP contribution is -2.49. The van der Waals surface area contributed by atoms with Gasteiger partial charge in [0.15, 0.2) is 0 Å². The summed E-state index contributed by atoms with van der Waals surface area (Å²) in [5.74, 6) is 0.00303. The molecular weight excluding hydrogens is 280 g/mol. The Hall–Kier alpha value is -2.21. The molecule has 0 radical (unpaired) electrons. The quantitative estimate of drug-likeness (QED) is 0.857. The lowest BCUT2D eigenvalue weighted by molar-refractivity contribution is 0.0912. The second-order valence-corrected chi connectivity index (χ2v) is 5.96. The average molecular weight is 300 g/mol. The number of carbonyl (C=O) groups excluding carboxylic acids is 1. The van der Waals surface area contributed by atoms with Crippen LogP contribution in [0.5, 0.6) is 0 Å². The lowest BCUT2D eigenvalue weighted by Gasteiger charge is -2.30. The number of hydrogen-bond donors (Lipinski definition) is 2. The number of nitrogens with one attached hydrogen (secondary N) is 2. The summed E-state index contributed by atoms with van der Waals surface area (Å²) in [6, 6.07) is 3.75. The Morgan fingerprint density at radius 2 is 2.27 bits per heavy atom. The number of aromatic nitrogens is 2. The fourth-order valence-corrected chi connectivity index (χ4v) is 2.81. The Bertz CT molecular complexity index is 768. The van der Waals surface area contributed by atoms with Gasteiger partial charge >= 0.3 is 0 Å². The lowest BCUT2D eigenvalue weighted by atomic mass is 9.95. The molecule has 0 aromatic carbocycles. The number of pyridine rings is 1. The Balaban J connectivity index is 1.91. The first-order valence-electron chi connectivity index (χ1n) is 7.56. The van der Waals surface area contributed by atoms with Crippen LogP contribution in [0.2, 0.25) is 0 Å². The van der Waals surface area contributed by atoms with Crippen LogP contribution in [0.3, 0.4) is 0 Å². The molecule has 116 valence electrons. The van der Waals surface area contributed by atoms with Gasteiger partial charge in [0.2, 0.25) is 0 Å². The first-order chi connectivity index (χ1) is 10.6. The molecule has 2 N–H and O–H groups in total. The van der Waals surface area contributed by atoms with Crippen LogP contribution in [0.4, 0.5) is 0 Å². The molecule has 1 saturated heterocycles. The zero-order valence-electron chi connectivity index (χ0n) is 12.8. The fraction of sp³-hybridized carbons (Fsp3) is 0.438. The van der Waals surface area contributed by atoms with Crippen molar-refractivity contribution in [3.05, 3.63) is 46.0 Å². The standard InChI is InChI=1S/C16H20N4O2/c1-10-3-4-14-18-8-12(16(22)20(14)9-10)15(21)19-13-5-6-17-7-11(13)2/h3-4,8-9,11,13,17H,5-7H2,1-2H3,(H,19,21). The molecule has 2 unspecified atom stereocenters. The number of hydrogen-bond acceptors (Lipinski definition) is 4. The maximum absolute atomic E-state index is 12.5. The zero-order valence-corrected chi connectivity index (χ0v) is 12.8. The summed E-state index contributed by atoms with van der Waals surface area (Å²) in [5.41, 5.74) is 1.25. The van der Waals surface area contributed by atoms with E-state index in [0.29, 0.717) is 11.6 Å². The molecule has 6 heteroatoms. The van der Waals surface area contributed by atoms with Gasteiger partial charge in [0.25, 0.3) is 11.5 Å². The molecule has 1 aliphatic rings. The van der Waals surface area contributed by atoms with Gasteiger partial charge in [-0.1, -0.05) is 13.0 Å². The van der Waals surface area contributed by atoms with E-state index in [1.165, 1.54) is 10.6 Å². The second-order valence-electron chi connectivity index (χ2n) is 5.96. The van der Waals surface area contributed by atoms with Crippen molar-refractivity contribution >= 4 is 11.6 Å². The van der Waals surface area contributed by atoms with Crippen LogP contribution in [0, 0.1) is 12.8 Å². The predicted octanol–water partition coefficient (Wildman–Crippen LogP) is 0.731. The van der Waals surface area contributed by atoms with E-state index in [0.717, 1.165) is 25.1 Å². The molecule has 0 saturated carbocycles. The molecule has 3 rings (SSSR count). The molecule has 0 aliphatic carbocycles. The van der Waals surface area contributed by atoms with Crippen LogP contribution in [-0.2, 0) is 0 Å². The molecule has 6 nitrogen and oxygen atoms in total. The van der Waals surface area contributed by atoms with Gasteiger partial charge in [-0.3, -0.25) is 14.0 Å². The van der Waals surface area contributed by atoms with E-state index in [1.807, 2.05) is 13.0 Å². The van der Waals surface area contributed by atoms with Crippen molar-refractivity contribution in [2.75, 3.05) is 13.1 Å². The largest absolute Gasteiger partial charge is 0.349 e. The highest BCUT2D eigenvalue weighted by Crippen LogP contribution is 2.11. The Morgan fingerprint density at radius 1 is 1.45 bits per heavy atom. The number of fused-ring (bicyclic) bond motifs is 1. The highest BCUT2D eigenvalue weighted by atomic mass is 16.2. The van der Waals surface area contributed by atoms with Crippen molar-refractivity contribution in [1.82, 2.24) is 20.0 Å². The van der Waals surface area contributed by atoms with E-state index in [1.54, 1.807) is 12.3 Å². The summed E-state index contributed by atoms with van der Waals surface area (Å²) in [5, 5.41) is 6.26. The Morgan fingerprint density at radius 3 is 3.05 bits per heavy atom. The summed E-state index contributed by atoms with van der Waals surface area (Å²) in [7, 11) is 0. The fourth-order valence-electron chi connectivity index (χ4n) is 2.81. The van der Waals surface area contributed by atoms with Gasteiger partial charge in [-0.25, -0.2) is 4.98 Å². The van der Waals surface area contributed by atoms with Gasteiger partial charge < -0.3 is 10.6 Å². The monoisotopic (exact) mass is 300 g/mol. The molecule has 2 aromatic rings. The van der Waals surface area contributed by atoms with Gasteiger partial charge in [-0.15, -0.1) is 0 Å². The number of nitrogens with zero attached hydrogens (tertiary/aromatic N) is 2. The van der Waals surface area contributed by atoms with E-state index < -0.39 is 0 Å². The van der Waals surface area contributed by atoms with Crippen LogP contribution in [0.15, 0.2) is 29.3 Å². The van der Waals surface area contributed by atoms with Crippen molar-refractivity contribution in [1.29, 1.82) is 0 Å². The molecular formula is C16H20N4O2. The Labute approximate surface area is 128 Å². The number of aryl methyl sites for hydroxylation is 1. The average Bonchev–Trinajstić information content (AvgIpc) is 2.50. The van der Waals surface area contributed by atoms with Crippen LogP contribution in [0.1, 0.15) is 29.3 Å². The van der Waals surface area contributed by atoms with Gasteiger partial charge in [0.1, 0.15) is 11.2 Å². The topological polar surface area (TPSA) is 75.5 Å². The van der Waals surface area contributed by atoms with E-state index >= 15 is 0 Å². The SMILES string of the molecule is Cc1ccc2ncc(C(=O)NC3CCNCC3C)c(=O)n2c1. The second kappa shape index (κ2) is 5.88. The van der Waals surface area contributed by atoms with Crippen molar-refractivity contribution in [2.24, 2.45) is 5.92 Å². The summed E-state index contributed by atoms with van der Waals surface area (Å²) in [4.78, 5) is 29.1. The molecule has 2 atom stereocenters. The third-order valence-electron chi connectivity index (χ3n) is 4.20. The van der Waals surface area contributed by atoms with Crippen molar-refractivity contribution in [3.63, 3.8) is 0 Å². The van der Waals surface area contributed by atoms with Crippen molar-refractivity contribution in [3.8, 4) is 0 Å². The van der Waals surface area contributed by atoms with Crippen LogP contribution in [0.25, 0.3) is 5.65 Å². The normalized spacial score (nSPS) is 21.7. The van der Waals surface area contributed by atoms with Crippen LogP contribution >= 0.6 is 0 Å². The minimum atomic E-state index is -0.341. The number of carbonyl (C=O) groups is 1. The highest BCUT2D eigenvalue weighted by molar-refractivity contribution is 5.94. The van der Waals surface area contributed by atoms with Gasteiger partial charge in [0, 0.05) is 18.4 Å². The van der Waals surface area contributed by atoms with Crippen LogP contribution < -0.4 is 16.2 Å². The highest BCUT2D eigenvalue weighted by Gasteiger charge is 2.24. The molecule has 3 heterocycles. The minimum absolute atomic E-state index is 0.0892. The minimum Gasteiger partial charge on any atom is -0.349 e. The van der Waals surface area contributed by atoms with E-state index in [-0.39, 0.29) is 23.1 Å². The summed E-state index contributed by atoms with van der Waals surface area (Å²) in [6.07, 6.45) is 3.94. The third-order valence-corrected chi connectivity index (χ3v) is 4.20. The molecule has 1 aliphatic heterocycles. The summed E-state index contributed by atoms with van der Waals surface area (Å²) < 4.78 is 1.43. The predicted molar refractivity (Wildman–Crippen MR) is 84.1 cm³/mol. The zero-order chi connectivity index (χ0) is 15.7. The van der Waals surface area contributed by atoms with Crippen molar-refractivity contribution in [2.45, 2.75) is 26.3 Å². The summed E-state index contributed by atoms with van der Waals surface area (Å²) >= 11 is 0. The van der Waals surface area contributed by atoms with Crippen LogP contribution in [-0.4, -0.2) is 34.4 Å². The number of piperidine rings is 1. The summed E-state index contributed by atoms with van der Waals surface area (Å²) in [6.45, 7) is 5.74. The molecule has 0 spiro atoms. The maximum Gasteiger partial charge on any atom is 0.270 e. The van der Waals surface area contributed by atoms with Crippen molar-refractivity contribution < 1.29 is 4.79 Å². The molecule has 1 amide bonds. The maximum atomic E-state index is 12.5. The molecule has 1 fully saturated rings. The van der Waals surface area contributed by atoms with Gasteiger partial charge in [0.05, 0.1) is 0 Å². The first-order valence-corrected chi connectivity index (χ1v) is 7.56. The van der Waals surface area contributed by atoms with E-state index in [9.17, 15) is 9.59 Å². The molecule has 2 aromatic heterocycles. The third kappa shape index (κ3) is 2.74. The number of rotatable bonds is 2. The molecule has 0 bridgehead atoms. The first kappa shape index (κ1) is 14.7. The van der Waals surface area contributed by atoms with Gasteiger partial charge in [-0.05, 0) is 44.0 Å².